The number of aliphatic carboxylic acids is 1. The van der Waals surface area contributed by atoms with Crippen LogP contribution < -0.4 is 0 Å². The van der Waals surface area contributed by atoms with Crippen LogP contribution >= 0.6 is 0 Å². The van der Waals surface area contributed by atoms with Crippen LogP contribution in [0, 0.1) is 6.92 Å². The molecule has 1 aromatic rings. The summed E-state index contributed by atoms with van der Waals surface area (Å²) in [4.78, 5) is 10.4. The molecule has 3 N–H and O–H groups in total. The summed E-state index contributed by atoms with van der Waals surface area (Å²) in [6, 6.07) is 6.64. The third-order valence-corrected chi connectivity index (χ3v) is 1.83. The van der Waals surface area contributed by atoms with E-state index in [-0.39, 0.29) is 0 Å². The van der Waals surface area contributed by atoms with Gasteiger partial charge >= 0.3 is 5.97 Å². The summed E-state index contributed by atoms with van der Waals surface area (Å²) in [5.41, 5.74) is 1.00. The van der Waals surface area contributed by atoms with E-state index in [2.05, 4.69) is 0 Å². The third-order valence-electron chi connectivity index (χ3n) is 1.83. The SMILES string of the molecule is Cc1ccccc1C(O)=C(O)C(=O)O. The van der Waals surface area contributed by atoms with Crippen molar-refractivity contribution in [3.05, 3.63) is 41.2 Å². The zero-order valence-electron chi connectivity index (χ0n) is 7.56. The van der Waals surface area contributed by atoms with Gasteiger partial charge in [-0.3, -0.25) is 0 Å². The third kappa shape index (κ3) is 1.85. The Morgan fingerprint density at radius 2 is 1.71 bits per heavy atom. The van der Waals surface area contributed by atoms with Gasteiger partial charge < -0.3 is 15.3 Å². The Kier molecular flexibility index (Phi) is 2.76. The predicted molar refractivity (Wildman–Crippen MR) is 51.0 cm³/mol. The number of aliphatic hydroxyl groups excluding tert-OH is 2. The number of aliphatic hydroxyl groups is 2. The molecule has 0 atom stereocenters. The molecule has 0 spiro atoms. The number of carboxylic acid groups (broad SMARTS) is 1. The van der Waals surface area contributed by atoms with Crippen LogP contribution in [0.5, 0.6) is 0 Å². The van der Waals surface area contributed by atoms with E-state index in [1.165, 1.54) is 6.07 Å². The molecule has 0 aliphatic heterocycles. The van der Waals surface area contributed by atoms with Gasteiger partial charge in [0.1, 0.15) is 0 Å². The molecular formula is C10H10O4. The lowest BCUT2D eigenvalue weighted by Crippen LogP contribution is -2.03. The molecule has 0 aliphatic rings. The minimum absolute atomic E-state index is 0.312. The van der Waals surface area contributed by atoms with Gasteiger partial charge in [-0.15, -0.1) is 0 Å². The number of carboxylic acids is 1. The highest BCUT2D eigenvalue weighted by molar-refractivity contribution is 5.92. The van der Waals surface area contributed by atoms with Crippen LogP contribution in [0.3, 0.4) is 0 Å². The molecule has 0 radical (unpaired) electrons. The average Bonchev–Trinajstić information content (AvgIpc) is 2.16. The Morgan fingerprint density at radius 1 is 1.14 bits per heavy atom. The fourth-order valence-electron chi connectivity index (χ4n) is 1.07. The van der Waals surface area contributed by atoms with Gasteiger partial charge in [0.15, 0.2) is 5.76 Å². The van der Waals surface area contributed by atoms with E-state index >= 15 is 0 Å². The second-order valence-corrected chi connectivity index (χ2v) is 2.82. The lowest BCUT2D eigenvalue weighted by molar-refractivity contribution is -0.135. The Bertz CT molecular complexity index is 393. The minimum atomic E-state index is -1.55. The summed E-state index contributed by atoms with van der Waals surface area (Å²) in [6.07, 6.45) is 0. The zero-order valence-corrected chi connectivity index (χ0v) is 7.56. The molecular weight excluding hydrogens is 184 g/mol. The van der Waals surface area contributed by atoms with Crippen molar-refractivity contribution in [2.75, 3.05) is 0 Å². The van der Waals surface area contributed by atoms with Crippen LogP contribution in [0.25, 0.3) is 5.76 Å². The summed E-state index contributed by atoms with van der Waals surface area (Å²) in [5.74, 6) is -3.21. The van der Waals surface area contributed by atoms with Gasteiger partial charge in [-0.05, 0) is 12.5 Å². The quantitative estimate of drug-likeness (QED) is 0.496. The van der Waals surface area contributed by atoms with Crippen LogP contribution in [0.15, 0.2) is 30.0 Å². The molecule has 4 nitrogen and oxygen atoms in total. The molecule has 0 heterocycles. The van der Waals surface area contributed by atoms with Gasteiger partial charge in [-0.1, -0.05) is 24.3 Å². The molecule has 0 saturated carbocycles. The van der Waals surface area contributed by atoms with Gasteiger partial charge in [0.25, 0.3) is 0 Å². The molecule has 0 aliphatic carbocycles. The Hall–Kier alpha value is -1.97. The van der Waals surface area contributed by atoms with Crippen molar-refractivity contribution in [2.45, 2.75) is 6.92 Å². The Morgan fingerprint density at radius 3 is 2.21 bits per heavy atom. The molecule has 0 aromatic heterocycles. The number of aryl methyl sites for hydroxylation is 1. The average molecular weight is 194 g/mol. The molecule has 74 valence electrons. The van der Waals surface area contributed by atoms with Gasteiger partial charge in [0, 0.05) is 5.56 Å². The maximum absolute atomic E-state index is 10.4. The smallest absolute Gasteiger partial charge is 0.374 e. The van der Waals surface area contributed by atoms with Crippen molar-refractivity contribution in [3.8, 4) is 0 Å². The number of carbonyl (C=O) groups is 1. The van der Waals surface area contributed by atoms with E-state index in [9.17, 15) is 9.90 Å². The van der Waals surface area contributed by atoms with Crippen LogP contribution in [0.1, 0.15) is 11.1 Å². The number of rotatable bonds is 2. The van der Waals surface area contributed by atoms with E-state index in [1.54, 1.807) is 25.1 Å². The molecule has 0 amide bonds. The number of hydrogen-bond acceptors (Lipinski definition) is 3. The van der Waals surface area contributed by atoms with E-state index < -0.39 is 17.5 Å². The normalized spacial score (nSPS) is 12.1. The number of hydrogen-bond donors (Lipinski definition) is 3. The lowest BCUT2D eigenvalue weighted by Gasteiger charge is -2.04. The largest absolute Gasteiger partial charge is 0.504 e. The standard InChI is InChI=1S/C10H10O4/c1-6-4-2-3-5-7(6)8(11)9(12)10(13)14/h2-5,11-12H,1H3,(H,13,14). The first kappa shape index (κ1) is 10.1. The molecule has 0 unspecified atom stereocenters. The maximum Gasteiger partial charge on any atom is 0.374 e. The van der Waals surface area contributed by atoms with Crippen LogP contribution in [-0.4, -0.2) is 21.3 Å². The van der Waals surface area contributed by atoms with Crippen molar-refractivity contribution in [1.29, 1.82) is 0 Å². The summed E-state index contributed by atoms with van der Waals surface area (Å²) in [6.45, 7) is 1.71. The zero-order chi connectivity index (χ0) is 10.7. The minimum Gasteiger partial charge on any atom is -0.504 e. The fraction of sp³-hybridized carbons (Fsp3) is 0.100. The highest BCUT2D eigenvalue weighted by Crippen LogP contribution is 2.18. The van der Waals surface area contributed by atoms with Crippen molar-refractivity contribution in [1.82, 2.24) is 0 Å². The molecule has 1 aromatic carbocycles. The van der Waals surface area contributed by atoms with E-state index in [0.29, 0.717) is 11.1 Å². The van der Waals surface area contributed by atoms with Crippen LogP contribution in [0.4, 0.5) is 0 Å². The van der Waals surface area contributed by atoms with E-state index in [4.69, 9.17) is 10.2 Å². The highest BCUT2D eigenvalue weighted by Gasteiger charge is 2.14. The van der Waals surface area contributed by atoms with E-state index in [1.807, 2.05) is 0 Å². The number of benzene rings is 1. The Labute approximate surface area is 80.7 Å². The maximum atomic E-state index is 10.4. The molecule has 14 heavy (non-hydrogen) atoms. The first-order chi connectivity index (χ1) is 6.54. The van der Waals surface area contributed by atoms with Gasteiger partial charge in [-0.2, -0.15) is 0 Å². The molecule has 0 saturated heterocycles. The van der Waals surface area contributed by atoms with Gasteiger partial charge in [-0.25, -0.2) is 4.79 Å². The van der Waals surface area contributed by atoms with Crippen LogP contribution in [0.2, 0.25) is 0 Å². The monoisotopic (exact) mass is 194 g/mol. The Balaban J connectivity index is 3.25. The first-order valence-corrected chi connectivity index (χ1v) is 3.95. The molecule has 1 rings (SSSR count). The first-order valence-electron chi connectivity index (χ1n) is 3.95. The highest BCUT2D eigenvalue weighted by atomic mass is 16.4. The summed E-state index contributed by atoms with van der Waals surface area (Å²) >= 11 is 0. The summed E-state index contributed by atoms with van der Waals surface area (Å²) in [7, 11) is 0. The van der Waals surface area contributed by atoms with Gasteiger partial charge in [0.2, 0.25) is 5.76 Å². The van der Waals surface area contributed by atoms with Crippen molar-refractivity contribution in [2.24, 2.45) is 0 Å². The molecule has 4 heteroatoms. The second kappa shape index (κ2) is 3.83. The topological polar surface area (TPSA) is 77.8 Å². The van der Waals surface area contributed by atoms with Crippen molar-refractivity contribution in [3.63, 3.8) is 0 Å². The fourth-order valence-corrected chi connectivity index (χ4v) is 1.07. The van der Waals surface area contributed by atoms with Crippen LogP contribution in [-0.2, 0) is 4.79 Å². The summed E-state index contributed by atoms with van der Waals surface area (Å²) in [5, 5.41) is 26.8. The molecule has 0 fully saturated rings. The molecule has 0 bridgehead atoms. The van der Waals surface area contributed by atoms with Crippen molar-refractivity contribution >= 4 is 11.7 Å². The lowest BCUT2D eigenvalue weighted by atomic mass is 10.1. The predicted octanol–water partition coefficient (Wildman–Crippen LogP) is 1.86. The van der Waals surface area contributed by atoms with E-state index in [0.717, 1.165) is 0 Å². The second-order valence-electron chi connectivity index (χ2n) is 2.82. The van der Waals surface area contributed by atoms with Gasteiger partial charge in [0.05, 0.1) is 0 Å². The summed E-state index contributed by atoms with van der Waals surface area (Å²) < 4.78 is 0. The van der Waals surface area contributed by atoms with Crippen molar-refractivity contribution < 1.29 is 20.1 Å².